The lowest BCUT2D eigenvalue weighted by molar-refractivity contribution is 0.0261. The Hall–Kier alpha value is -1.90. The number of nitrogens with zero attached hydrogens (tertiary/aromatic N) is 2. The fraction of sp³-hybridized carbons (Fsp3) is 0.750. The van der Waals surface area contributed by atoms with Crippen LogP contribution < -0.4 is 0 Å². The zero-order valence-corrected chi connectivity index (χ0v) is 13.7. The van der Waals surface area contributed by atoms with Crippen LogP contribution in [0.1, 0.15) is 46.5 Å². The Morgan fingerprint density at radius 2 is 1.77 bits per heavy atom. The number of carboxylic acid groups (broad SMARTS) is 1. The van der Waals surface area contributed by atoms with Gasteiger partial charge in [0.25, 0.3) is 0 Å². The van der Waals surface area contributed by atoms with Gasteiger partial charge in [0.15, 0.2) is 0 Å². The number of hydrogen-bond donors (Lipinski definition) is 1. The Morgan fingerprint density at radius 1 is 1.18 bits per heavy atom. The molecule has 2 aliphatic rings. The molecule has 0 aromatic heterocycles. The van der Waals surface area contributed by atoms with Crippen LogP contribution in [0.4, 0.5) is 9.59 Å². The van der Waals surface area contributed by atoms with Gasteiger partial charge in [0.2, 0.25) is 0 Å². The molecule has 1 unspecified atom stereocenters. The second-order valence-electron chi connectivity index (χ2n) is 6.48. The van der Waals surface area contributed by atoms with E-state index in [0.29, 0.717) is 6.54 Å². The third-order valence-electron chi connectivity index (χ3n) is 3.45. The zero-order chi connectivity index (χ0) is 16.8. The standard InChI is InChI=1S/C11H17NO2.C5H9NO2/c1-5-9-7-6-8-12(9)10(13)14-11(2,3)4;7-5(8)6-3-1-2-4-6/h1,9H,6-8H2,2-4H3;1-4H2,(H,7,8). The fourth-order valence-electron chi connectivity index (χ4n) is 2.39. The summed E-state index contributed by atoms with van der Waals surface area (Å²) in [6.07, 6.45) is 8.18. The molecule has 2 amide bonds. The topological polar surface area (TPSA) is 70.1 Å². The number of likely N-dealkylation sites (tertiary alicyclic amines) is 2. The highest BCUT2D eigenvalue weighted by Gasteiger charge is 2.30. The van der Waals surface area contributed by atoms with Crippen molar-refractivity contribution in [1.29, 1.82) is 0 Å². The maximum Gasteiger partial charge on any atom is 0.411 e. The molecule has 1 atom stereocenters. The van der Waals surface area contributed by atoms with Crippen LogP contribution in [0.2, 0.25) is 0 Å². The van der Waals surface area contributed by atoms with Gasteiger partial charge in [-0.3, -0.25) is 4.90 Å². The number of hydrogen-bond acceptors (Lipinski definition) is 3. The molecule has 0 bridgehead atoms. The third-order valence-corrected chi connectivity index (χ3v) is 3.45. The van der Waals surface area contributed by atoms with Gasteiger partial charge in [0, 0.05) is 19.6 Å². The average molecular weight is 310 g/mol. The second-order valence-corrected chi connectivity index (χ2v) is 6.48. The van der Waals surface area contributed by atoms with Crippen LogP contribution in [-0.4, -0.2) is 58.4 Å². The summed E-state index contributed by atoms with van der Waals surface area (Å²) in [4.78, 5) is 24.8. The van der Waals surface area contributed by atoms with Gasteiger partial charge in [0.05, 0.1) is 6.04 Å². The summed E-state index contributed by atoms with van der Waals surface area (Å²) in [7, 11) is 0. The minimum absolute atomic E-state index is 0.0788. The first-order valence-corrected chi connectivity index (χ1v) is 7.68. The highest BCUT2D eigenvalue weighted by molar-refractivity contribution is 5.69. The first-order chi connectivity index (χ1) is 10.2. The molecule has 1 N–H and O–H groups in total. The molecule has 0 aromatic carbocycles. The molecule has 0 radical (unpaired) electrons. The molecule has 2 rings (SSSR count). The van der Waals surface area contributed by atoms with E-state index in [9.17, 15) is 9.59 Å². The van der Waals surface area contributed by atoms with Crippen molar-refractivity contribution in [2.45, 2.75) is 58.1 Å². The van der Waals surface area contributed by atoms with Crippen molar-refractivity contribution in [3.8, 4) is 12.3 Å². The van der Waals surface area contributed by atoms with Crippen molar-refractivity contribution in [2.24, 2.45) is 0 Å². The summed E-state index contributed by atoms with van der Waals surface area (Å²) in [5.41, 5.74) is -0.446. The van der Waals surface area contributed by atoms with E-state index in [0.717, 1.165) is 38.8 Å². The van der Waals surface area contributed by atoms with E-state index in [1.54, 1.807) is 4.90 Å². The van der Waals surface area contributed by atoms with Crippen molar-refractivity contribution in [2.75, 3.05) is 19.6 Å². The molecule has 124 valence electrons. The number of carbonyl (C=O) groups excluding carboxylic acids is 1. The average Bonchev–Trinajstić information content (AvgIpc) is 3.08. The SMILES string of the molecule is C#CC1CCCN1C(=O)OC(C)(C)C.O=C(O)N1CCCC1. The second kappa shape index (κ2) is 7.92. The summed E-state index contributed by atoms with van der Waals surface area (Å²) in [6, 6.07) is -0.0788. The van der Waals surface area contributed by atoms with E-state index in [4.69, 9.17) is 16.3 Å². The number of terminal acetylenes is 1. The molecular formula is C16H26N2O4. The summed E-state index contributed by atoms with van der Waals surface area (Å²) in [6.45, 7) is 7.73. The lowest BCUT2D eigenvalue weighted by Gasteiger charge is -2.26. The van der Waals surface area contributed by atoms with Crippen LogP contribution in [0.15, 0.2) is 0 Å². The predicted molar refractivity (Wildman–Crippen MR) is 83.6 cm³/mol. The summed E-state index contributed by atoms with van der Waals surface area (Å²) >= 11 is 0. The van der Waals surface area contributed by atoms with Crippen LogP contribution in [0.5, 0.6) is 0 Å². The minimum Gasteiger partial charge on any atom is -0.465 e. The highest BCUT2D eigenvalue weighted by Crippen LogP contribution is 2.19. The molecule has 6 nitrogen and oxygen atoms in total. The molecule has 0 aromatic rings. The van der Waals surface area contributed by atoms with Gasteiger partial charge in [-0.05, 0) is 46.5 Å². The van der Waals surface area contributed by atoms with Crippen molar-refractivity contribution >= 4 is 12.2 Å². The Kier molecular flexibility index (Phi) is 6.54. The number of ether oxygens (including phenoxy) is 1. The minimum atomic E-state index is -0.775. The Bertz CT molecular complexity index is 430. The number of rotatable bonds is 0. The van der Waals surface area contributed by atoms with Gasteiger partial charge < -0.3 is 14.7 Å². The molecule has 0 spiro atoms. The van der Waals surface area contributed by atoms with Gasteiger partial charge >= 0.3 is 12.2 Å². The van der Waals surface area contributed by atoms with Gasteiger partial charge in [-0.1, -0.05) is 5.92 Å². The van der Waals surface area contributed by atoms with E-state index < -0.39 is 11.7 Å². The van der Waals surface area contributed by atoms with Crippen LogP contribution in [0.3, 0.4) is 0 Å². The van der Waals surface area contributed by atoms with Crippen LogP contribution in [0.25, 0.3) is 0 Å². The Balaban J connectivity index is 0.000000255. The Labute approximate surface area is 132 Å². The zero-order valence-electron chi connectivity index (χ0n) is 13.7. The maximum atomic E-state index is 11.6. The van der Waals surface area contributed by atoms with Gasteiger partial charge in [0.1, 0.15) is 5.60 Å². The molecule has 22 heavy (non-hydrogen) atoms. The van der Waals surface area contributed by atoms with Crippen LogP contribution >= 0.6 is 0 Å². The van der Waals surface area contributed by atoms with Crippen LogP contribution in [0, 0.1) is 12.3 Å². The lowest BCUT2D eigenvalue weighted by atomic mass is 10.2. The summed E-state index contributed by atoms with van der Waals surface area (Å²) < 4.78 is 5.25. The lowest BCUT2D eigenvalue weighted by Crippen LogP contribution is -2.39. The summed E-state index contributed by atoms with van der Waals surface area (Å²) in [5, 5.41) is 8.34. The van der Waals surface area contributed by atoms with E-state index >= 15 is 0 Å². The van der Waals surface area contributed by atoms with Gasteiger partial charge in [-0.25, -0.2) is 9.59 Å². The van der Waals surface area contributed by atoms with Crippen molar-refractivity contribution in [3.05, 3.63) is 0 Å². The maximum absolute atomic E-state index is 11.6. The first kappa shape index (κ1) is 18.1. The predicted octanol–water partition coefficient (Wildman–Crippen LogP) is 2.78. The third kappa shape index (κ3) is 5.84. The van der Waals surface area contributed by atoms with Crippen LogP contribution in [-0.2, 0) is 4.74 Å². The normalized spacial score (nSPS) is 20.9. The van der Waals surface area contributed by atoms with E-state index in [1.165, 1.54) is 4.90 Å². The smallest absolute Gasteiger partial charge is 0.411 e. The Morgan fingerprint density at radius 3 is 2.18 bits per heavy atom. The molecule has 2 heterocycles. The number of carbonyl (C=O) groups is 2. The fourth-order valence-corrected chi connectivity index (χ4v) is 2.39. The summed E-state index contributed by atoms with van der Waals surface area (Å²) in [5.74, 6) is 2.61. The number of amides is 2. The molecule has 2 fully saturated rings. The van der Waals surface area contributed by atoms with Gasteiger partial charge in [-0.15, -0.1) is 6.42 Å². The molecule has 0 aliphatic carbocycles. The quantitative estimate of drug-likeness (QED) is 0.698. The van der Waals surface area contributed by atoms with Crippen molar-refractivity contribution < 1.29 is 19.4 Å². The first-order valence-electron chi connectivity index (χ1n) is 7.68. The molecule has 2 saturated heterocycles. The van der Waals surface area contributed by atoms with E-state index in [1.807, 2.05) is 20.8 Å². The van der Waals surface area contributed by atoms with Gasteiger partial charge in [-0.2, -0.15) is 0 Å². The van der Waals surface area contributed by atoms with Crippen molar-refractivity contribution in [3.63, 3.8) is 0 Å². The van der Waals surface area contributed by atoms with Crippen molar-refractivity contribution in [1.82, 2.24) is 9.80 Å². The van der Waals surface area contributed by atoms with E-state index in [-0.39, 0.29) is 12.1 Å². The monoisotopic (exact) mass is 310 g/mol. The molecular weight excluding hydrogens is 284 g/mol. The molecule has 0 saturated carbocycles. The van der Waals surface area contributed by atoms with E-state index in [2.05, 4.69) is 5.92 Å². The molecule has 2 aliphatic heterocycles. The highest BCUT2D eigenvalue weighted by atomic mass is 16.6. The largest absolute Gasteiger partial charge is 0.465 e. The molecule has 6 heteroatoms.